The molecule has 0 amide bonds. The molecule has 0 aromatic carbocycles. The van der Waals surface area contributed by atoms with E-state index in [1.165, 1.54) is 45.1 Å². The molecule has 1 nitrogen and oxygen atoms in total. The number of unbranched alkanes of at least 4 members (excludes halogenated alkanes) is 5. The highest BCUT2D eigenvalue weighted by molar-refractivity contribution is 6.17. The summed E-state index contributed by atoms with van der Waals surface area (Å²) in [6.45, 7) is 1.17. The molecule has 0 fully saturated rings. The van der Waals surface area contributed by atoms with E-state index in [-0.39, 0.29) is 0 Å². The van der Waals surface area contributed by atoms with Gasteiger partial charge in [0.1, 0.15) is 0 Å². The minimum Gasteiger partial charge on any atom is -0.354 e. The maximum Gasteiger partial charge on any atom is 0.0223 e. The highest BCUT2D eigenvalue weighted by Gasteiger charge is 1.91. The molecule has 80 valence electrons. The van der Waals surface area contributed by atoms with Crippen LogP contribution in [0.25, 0.3) is 0 Å². The quantitative estimate of drug-likeness (QED) is 0.453. The number of aryl methyl sites for hydroxylation is 1. The van der Waals surface area contributed by atoms with Gasteiger partial charge in [-0.15, -0.1) is 11.6 Å². The Morgan fingerprint density at radius 3 is 2.00 bits per heavy atom. The fourth-order valence-corrected chi connectivity index (χ4v) is 1.80. The third kappa shape index (κ3) is 5.33. The second-order valence-electron chi connectivity index (χ2n) is 3.73. The summed E-state index contributed by atoms with van der Waals surface area (Å²) in [4.78, 5) is 0. The van der Waals surface area contributed by atoms with Gasteiger partial charge in [-0.05, 0) is 25.0 Å². The van der Waals surface area contributed by atoms with Gasteiger partial charge in [-0.2, -0.15) is 0 Å². The van der Waals surface area contributed by atoms with Crippen LogP contribution in [0, 0.1) is 0 Å². The maximum absolute atomic E-state index is 5.61. The van der Waals surface area contributed by atoms with E-state index >= 15 is 0 Å². The summed E-state index contributed by atoms with van der Waals surface area (Å²) in [5.41, 5.74) is 0. The second kappa shape index (κ2) is 7.93. The van der Waals surface area contributed by atoms with Crippen molar-refractivity contribution in [1.29, 1.82) is 0 Å². The van der Waals surface area contributed by atoms with Crippen LogP contribution in [-0.2, 0) is 6.54 Å². The first-order valence-corrected chi connectivity index (χ1v) is 6.13. The highest BCUT2D eigenvalue weighted by Crippen LogP contribution is 2.07. The van der Waals surface area contributed by atoms with Crippen LogP contribution in [0.2, 0.25) is 0 Å². The third-order valence-electron chi connectivity index (χ3n) is 2.47. The lowest BCUT2D eigenvalue weighted by molar-refractivity contribution is 0.560. The zero-order chi connectivity index (χ0) is 10.1. The molecule has 0 radical (unpaired) electrons. The smallest absolute Gasteiger partial charge is 0.0223 e. The van der Waals surface area contributed by atoms with E-state index in [9.17, 15) is 0 Å². The summed E-state index contributed by atoms with van der Waals surface area (Å²) in [5.74, 6) is 0.823. The second-order valence-corrected chi connectivity index (χ2v) is 4.11. The summed E-state index contributed by atoms with van der Waals surface area (Å²) in [7, 11) is 0. The number of hydrogen-bond acceptors (Lipinski definition) is 0. The monoisotopic (exact) mass is 213 g/mol. The third-order valence-corrected chi connectivity index (χ3v) is 2.73. The predicted octanol–water partition coefficient (Wildman–Crippen LogP) is 4.07. The Balaban J connectivity index is 1.85. The van der Waals surface area contributed by atoms with Gasteiger partial charge < -0.3 is 4.57 Å². The molecule has 0 unspecified atom stereocenters. The fraction of sp³-hybridized carbons (Fsp3) is 0.667. The van der Waals surface area contributed by atoms with Gasteiger partial charge in [0.25, 0.3) is 0 Å². The predicted molar refractivity (Wildman–Crippen MR) is 62.9 cm³/mol. The summed E-state index contributed by atoms with van der Waals surface area (Å²) < 4.78 is 2.25. The molecule has 0 aliphatic carbocycles. The van der Waals surface area contributed by atoms with Crippen LogP contribution in [0.4, 0.5) is 0 Å². The van der Waals surface area contributed by atoms with Gasteiger partial charge in [0.05, 0.1) is 0 Å². The van der Waals surface area contributed by atoms with Crippen molar-refractivity contribution in [3.63, 3.8) is 0 Å². The Bertz CT molecular complexity index is 206. The molecule has 0 aliphatic rings. The van der Waals surface area contributed by atoms with E-state index in [4.69, 9.17) is 11.6 Å². The van der Waals surface area contributed by atoms with Crippen molar-refractivity contribution in [2.24, 2.45) is 0 Å². The molecule has 1 rings (SSSR count). The molecule has 1 aromatic rings. The molecular weight excluding hydrogens is 194 g/mol. The number of aromatic nitrogens is 1. The molecular formula is C12H20ClN. The molecule has 0 aliphatic heterocycles. The van der Waals surface area contributed by atoms with Crippen LogP contribution in [-0.4, -0.2) is 10.4 Å². The SMILES string of the molecule is ClCCCCCCCCn1cccc1. The summed E-state index contributed by atoms with van der Waals surface area (Å²) in [6.07, 6.45) is 12.1. The van der Waals surface area contributed by atoms with E-state index < -0.39 is 0 Å². The van der Waals surface area contributed by atoms with Gasteiger partial charge in [-0.25, -0.2) is 0 Å². The van der Waals surface area contributed by atoms with E-state index in [1.807, 2.05) is 0 Å². The van der Waals surface area contributed by atoms with Gasteiger partial charge in [-0.3, -0.25) is 0 Å². The van der Waals surface area contributed by atoms with Crippen LogP contribution in [0.5, 0.6) is 0 Å². The van der Waals surface area contributed by atoms with Crippen molar-refractivity contribution in [2.75, 3.05) is 5.88 Å². The number of hydrogen-bond donors (Lipinski definition) is 0. The maximum atomic E-state index is 5.61. The summed E-state index contributed by atoms with van der Waals surface area (Å²) >= 11 is 5.61. The van der Waals surface area contributed by atoms with Crippen molar-refractivity contribution < 1.29 is 0 Å². The van der Waals surface area contributed by atoms with E-state index in [0.717, 1.165) is 5.88 Å². The van der Waals surface area contributed by atoms with Crippen molar-refractivity contribution in [2.45, 2.75) is 45.1 Å². The lowest BCUT2D eigenvalue weighted by Gasteiger charge is -2.02. The van der Waals surface area contributed by atoms with Crippen LogP contribution < -0.4 is 0 Å². The van der Waals surface area contributed by atoms with Crippen molar-refractivity contribution >= 4 is 11.6 Å². The number of alkyl halides is 1. The molecule has 2 heteroatoms. The number of rotatable bonds is 8. The molecule has 0 saturated carbocycles. The first-order valence-electron chi connectivity index (χ1n) is 5.60. The Hall–Kier alpha value is -0.430. The van der Waals surface area contributed by atoms with Gasteiger partial charge in [0.15, 0.2) is 0 Å². The van der Waals surface area contributed by atoms with Gasteiger partial charge in [0, 0.05) is 24.8 Å². The lowest BCUT2D eigenvalue weighted by atomic mass is 10.1. The average molecular weight is 214 g/mol. The molecule has 0 saturated heterocycles. The average Bonchev–Trinajstić information content (AvgIpc) is 2.69. The molecule has 14 heavy (non-hydrogen) atoms. The number of halogens is 1. The van der Waals surface area contributed by atoms with E-state index in [2.05, 4.69) is 29.1 Å². The Labute approximate surface area is 92.1 Å². The van der Waals surface area contributed by atoms with Crippen LogP contribution in [0.15, 0.2) is 24.5 Å². The van der Waals surface area contributed by atoms with Gasteiger partial charge in [-0.1, -0.05) is 25.7 Å². The zero-order valence-electron chi connectivity index (χ0n) is 8.79. The molecule has 0 atom stereocenters. The van der Waals surface area contributed by atoms with E-state index in [0.29, 0.717) is 0 Å². The van der Waals surface area contributed by atoms with Crippen molar-refractivity contribution in [3.05, 3.63) is 24.5 Å². The van der Waals surface area contributed by atoms with E-state index in [1.54, 1.807) is 0 Å². The van der Waals surface area contributed by atoms with Gasteiger partial charge in [0.2, 0.25) is 0 Å². The molecule has 1 aromatic heterocycles. The van der Waals surface area contributed by atoms with Crippen LogP contribution in [0.1, 0.15) is 38.5 Å². The summed E-state index contributed by atoms with van der Waals surface area (Å²) in [6, 6.07) is 4.17. The standard InChI is InChI=1S/C12H20ClN/c13-9-5-3-1-2-4-6-10-14-11-7-8-12-14/h7-8,11-12H,1-6,9-10H2. The number of nitrogens with zero attached hydrogens (tertiary/aromatic N) is 1. The largest absolute Gasteiger partial charge is 0.354 e. The van der Waals surface area contributed by atoms with Gasteiger partial charge >= 0.3 is 0 Å². The Morgan fingerprint density at radius 2 is 1.36 bits per heavy atom. The first kappa shape index (κ1) is 11.6. The van der Waals surface area contributed by atoms with Crippen LogP contribution >= 0.6 is 11.6 Å². The minimum absolute atomic E-state index is 0.823. The van der Waals surface area contributed by atoms with Crippen LogP contribution in [0.3, 0.4) is 0 Å². The first-order chi connectivity index (χ1) is 6.93. The molecule has 0 N–H and O–H groups in total. The molecule has 0 bridgehead atoms. The molecule has 0 spiro atoms. The Kier molecular flexibility index (Phi) is 6.59. The molecule has 1 heterocycles. The highest BCUT2D eigenvalue weighted by atomic mass is 35.5. The van der Waals surface area contributed by atoms with Crippen molar-refractivity contribution in [1.82, 2.24) is 4.57 Å². The Morgan fingerprint density at radius 1 is 0.786 bits per heavy atom. The minimum atomic E-state index is 0.823. The normalized spacial score (nSPS) is 10.6. The summed E-state index contributed by atoms with van der Waals surface area (Å²) in [5, 5.41) is 0. The van der Waals surface area contributed by atoms with Crippen molar-refractivity contribution in [3.8, 4) is 0 Å². The lowest BCUT2D eigenvalue weighted by Crippen LogP contribution is -1.93. The topological polar surface area (TPSA) is 4.93 Å². The fourth-order valence-electron chi connectivity index (χ4n) is 1.62. The zero-order valence-corrected chi connectivity index (χ0v) is 9.55.